The number of hydrogen-bond acceptors (Lipinski definition) is 3. The molecule has 0 aliphatic carbocycles. The summed E-state index contributed by atoms with van der Waals surface area (Å²) in [4.78, 5) is 0. The fourth-order valence-corrected chi connectivity index (χ4v) is 3.29. The predicted octanol–water partition coefficient (Wildman–Crippen LogP) is 0.429. The maximum absolute atomic E-state index is 11.7. The third-order valence-corrected chi connectivity index (χ3v) is 4.34. The van der Waals surface area contributed by atoms with Crippen molar-refractivity contribution >= 4 is 10.0 Å². The average Bonchev–Trinajstić information content (AvgIpc) is 2.49. The normalized spacial score (nSPS) is 24.7. The Hall–Kier alpha value is -0.130. The van der Waals surface area contributed by atoms with Crippen LogP contribution in [-0.2, 0) is 10.0 Å². The lowest BCUT2D eigenvalue weighted by Gasteiger charge is -2.16. The first-order valence-electron chi connectivity index (χ1n) is 5.07. The molecule has 0 aromatic rings. The van der Waals surface area contributed by atoms with Gasteiger partial charge in [-0.1, -0.05) is 13.8 Å². The topological polar surface area (TPSA) is 57.6 Å². The van der Waals surface area contributed by atoms with Crippen LogP contribution < -0.4 is 0 Å². The molecule has 84 valence electrons. The van der Waals surface area contributed by atoms with Crippen molar-refractivity contribution in [2.45, 2.75) is 32.8 Å². The first-order valence-corrected chi connectivity index (χ1v) is 6.68. The van der Waals surface area contributed by atoms with Crippen molar-refractivity contribution in [3.05, 3.63) is 0 Å². The van der Waals surface area contributed by atoms with Gasteiger partial charge in [-0.2, -0.15) is 4.31 Å². The third kappa shape index (κ3) is 3.22. The largest absolute Gasteiger partial charge is 0.392 e. The van der Waals surface area contributed by atoms with E-state index in [0.29, 0.717) is 25.3 Å². The minimum atomic E-state index is -3.11. The molecule has 0 saturated carbocycles. The smallest absolute Gasteiger partial charge is 0.214 e. The number of nitrogens with zero attached hydrogens (tertiary/aromatic N) is 1. The second kappa shape index (κ2) is 4.59. The molecule has 0 amide bonds. The summed E-state index contributed by atoms with van der Waals surface area (Å²) in [6.07, 6.45) is 0.791. The Morgan fingerprint density at radius 3 is 2.57 bits per heavy atom. The number of sulfonamides is 1. The Morgan fingerprint density at radius 2 is 2.14 bits per heavy atom. The van der Waals surface area contributed by atoms with E-state index < -0.39 is 16.1 Å². The molecule has 0 bridgehead atoms. The second-order valence-corrected chi connectivity index (χ2v) is 6.39. The van der Waals surface area contributed by atoms with Crippen LogP contribution in [0, 0.1) is 5.92 Å². The summed E-state index contributed by atoms with van der Waals surface area (Å²) in [5, 5.41) is 9.23. The molecule has 0 aromatic heterocycles. The van der Waals surface area contributed by atoms with Crippen LogP contribution >= 0.6 is 0 Å². The lowest BCUT2D eigenvalue weighted by Crippen LogP contribution is -2.32. The molecule has 0 radical (unpaired) electrons. The molecule has 1 saturated heterocycles. The van der Waals surface area contributed by atoms with E-state index in [1.807, 2.05) is 13.8 Å². The van der Waals surface area contributed by atoms with Gasteiger partial charge in [-0.25, -0.2) is 8.42 Å². The van der Waals surface area contributed by atoms with Gasteiger partial charge in [-0.15, -0.1) is 0 Å². The third-order valence-electron chi connectivity index (χ3n) is 2.47. The van der Waals surface area contributed by atoms with Crippen molar-refractivity contribution in [3.8, 4) is 0 Å². The number of aliphatic hydroxyl groups is 1. The first kappa shape index (κ1) is 11.9. The summed E-state index contributed by atoms with van der Waals surface area (Å²) in [6.45, 7) is 4.77. The Kier molecular flexibility index (Phi) is 3.92. The van der Waals surface area contributed by atoms with Gasteiger partial charge in [-0.05, 0) is 18.8 Å². The van der Waals surface area contributed by atoms with Crippen molar-refractivity contribution in [3.63, 3.8) is 0 Å². The van der Waals surface area contributed by atoms with Crippen LogP contribution in [0.1, 0.15) is 26.7 Å². The van der Waals surface area contributed by atoms with Crippen molar-refractivity contribution in [1.82, 2.24) is 4.31 Å². The fraction of sp³-hybridized carbons (Fsp3) is 1.00. The van der Waals surface area contributed by atoms with Gasteiger partial charge in [0.15, 0.2) is 0 Å². The number of hydrogen-bond donors (Lipinski definition) is 1. The molecule has 0 aromatic carbocycles. The highest BCUT2D eigenvalue weighted by Gasteiger charge is 2.29. The molecule has 5 heteroatoms. The van der Waals surface area contributed by atoms with E-state index in [1.54, 1.807) is 0 Å². The monoisotopic (exact) mass is 221 g/mol. The maximum Gasteiger partial charge on any atom is 0.214 e. The molecule has 0 unspecified atom stereocenters. The molecule has 1 N–H and O–H groups in total. The highest BCUT2D eigenvalue weighted by molar-refractivity contribution is 7.89. The second-order valence-electron chi connectivity index (χ2n) is 4.30. The highest BCUT2D eigenvalue weighted by atomic mass is 32.2. The minimum Gasteiger partial charge on any atom is -0.392 e. The number of aliphatic hydroxyl groups excluding tert-OH is 1. The molecular weight excluding hydrogens is 202 g/mol. The summed E-state index contributed by atoms with van der Waals surface area (Å²) in [5.74, 6) is 0.606. The van der Waals surface area contributed by atoms with Gasteiger partial charge in [-0.3, -0.25) is 0 Å². The molecule has 1 rings (SSSR count). The van der Waals surface area contributed by atoms with Crippen LogP contribution in [0.15, 0.2) is 0 Å². The van der Waals surface area contributed by atoms with Crippen molar-refractivity contribution in [2.24, 2.45) is 5.92 Å². The van der Waals surface area contributed by atoms with Crippen LogP contribution in [0.25, 0.3) is 0 Å². The van der Waals surface area contributed by atoms with Gasteiger partial charge < -0.3 is 5.11 Å². The summed E-state index contributed by atoms with van der Waals surface area (Å²) in [5.41, 5.74) is 0. The zero-order chi connectivity index (χ0) is 10.8. The molecular formula is C9H19NO3S. The van der Waals surface area contributed by atoms with E-state index in [1.165, 1.54) is 4.31 Å². The molecule has 0 spiro atoms. The van der Waals surface area contributed by atoms with Gasteiger partial charge in [0, 0.05) is 13.1 Å². The van der Waals surface area contributed by atoms with Crippen LogP contribution in [0.2, 0.25) is 0 Å². The molecule has 4 nitrogen and oxygen atoms in total. The van der Waals surface area contributed by atoms with Crippen molar-refractivity contribution < 1.29 is 13.5 Å². The summed E-state index contributed by atoms with van der Waals surface area (Å²) >= 11 is 0. The fourth-order valence-electron chi connectivity index (χ4n) is 1.48. The molecule has 1 aliphatic rings. The van der Waals surface area contributed by atoms with E-state index in [4.69, 9.17) is 0 Å². The molecule has 1 aliphatic heterocycles. The van der Waals surface area contributed by atoms with E-state index in [9.17, 15) is 13.5 Å². The molecule has 1 fully saturated rings. The zero-order valence-corrected chi connectivity index (χ0v) is 9.63. The number of β-amino-alcohol motifs (C(OH)–C–C–N with tert-alkyl or cyclic N) is 1. The van der Waals surface area contributed by atoms with Crippen LogP contribution in [0.3, 0.4) is 0 Å². The van der Waals surface area contributed by atoms with Crippen molar-refractivity contribution in [2.75, 3.05) is 18.8 Å². The minimum absolute atomic E-state index is 0.206. The van der Waals surface area contributed by atoms with Gasteiger partial charge in [0.25, 0.3) is 0 Å². The Morgan fingerprint density at radius 1 is 1.50 bits per heavy atom. The predicted molar refractivity (Wildman–Crippen MR) is 55.4 cm³/mol. The lowest BCUT2D eigenvalue weighted by atomic mass is 10.2. The number of rotatable bonds is 4. The van der Waals surface area contributed by atoms with E-state index in [2.05, 4.69) is 0 Å². The Bertz CT molecular complexity index is 274. The zero-order valence-electron chi connectivity index (χ0n) is 8.81. The van der Waals surface area contributed by atoms with Gasteiger partial charge >= 0.3 is 0 Å². The van der Waals surface area contributed by atoms with Crippen LogP contribution in [0.5, 0.6) is 0 Å². The van der Waals surface area contributed by atoms with E-state index >= 15 is 0 Å². The standard InChI is InChI=1S/C9H19NO3S/c1-8(2)4-6-14(12,13)10-5-3-9(11)7-10/h8-9,11H,3-7H2,1-2H3/t9-/m0/s1. The highest BCUT2D eigenvalue weighted by Crippen LogP contribution is 2.15. The maximum atomic E-state index is 11.7. The Balaban J connectivity index is 2.49. The van der Waals surface area contributed by atoms with Crippen molar-refractivity contribution in [1.29, 1.82) is 0 Å². The quantitative estimate of drug-likeness (QED) is 0.749. The van der Waals surface area contributed by atoms with Gasteiger partial charge in [0.2, 0.25) is 10.0 Å². The Labute approximate surface area is 86.0 Å². The molecule has 1 atom stereocenters. The van der Waals surface area contributed by atoms with Gasteiger partial charge in [0.1, 0.15) is 0 Å². The first-order chi connectivity index (χ1) is 6.42. The van der Waals surface area contributed by atoms with Crippen LogP contribution in [-0.4, -0.2) is 42.8 Å². The van der Waals surface area contributed by atoms with Gasteiger partial charge in [0.05, 0.1) is 11.9 Å². The lowest BCUT2D eigenvalue weighted by molar-refractivity contribution is 0.189. The van der Waals surface area contributed by atoms with E-state index in [-0.39, 0.29) is 12.3 Å². The summed E-state index contributed by atoms with van der Waals surface area (Å²) < 4.78 is 24.8. The molecule has 1 heterocycles. The van der Waals surface area contributed by atoms with Crippen LogP contribution in [0.4, 0.5) is 0 Å². The SMILES string of the molecule is CC(C)CCS(=O)(=O)N1CC[C@H](O)C1. The summed E-state index contributed by atoms with van der Waals surface area (Å²) in [6, 6.07) is 0. The summed E-state index contributed by atoms with van der Waals surface area (Å²) in [7, 11) is -3.11. The molecule has 14 heavy (non-hydrogen) atoms. The average molecular weight is 221 g/mol. The van der Waals surface area contributed by atoms with E-state index in [0.717, 1.165) is 0 Å².